The smallest absolute Gasteiger partial charge is 0.123 e. The average molecular weight is 315 g/mol. The van der Waals surface area contributed by atoms with Gasteiger partial charge in [0.15, 0.2) is 0 Å². The van der Waals surface area contributed by atoms with Crippen LogP contribution in [-0.4, -0.2) is 38.3 Å². The van der Waals surface area contributed by atoms with E-state index in [-0.39, 0.29) is 12.4 Å². The monoisotopic (exact) mass is 314 g/mol. The summed E-state index contributed by atoms with van der Waals surface area (Å²) in [5, 5.41) is 0. The van der Waals surface area contributed by atoms with E-state index in [0.717, 1.165) is 24.6 Å². The van der Waals surface area contributed by atoms with Crippen molar-refractivity contribution in [3.8, 4) is 11.5 Å². The summed E-state index contributed by atoms with van der Waals surface area (Å²) in [5.74, 6) is 2.44. The number of nitrogens with zero attached hydrogens (tertiary/aromatic N) is 1. The molecule has 21 heavy (non-hydrogen) atoms. The molecule has 0 bridgehead atoms. The predicted molar refractivity (Wildman–Crippen MR) is 88.4 cm³/mol. The summed E-state index contributed by atoms with van der Waals surface area (Å²) in [6.07, 6.45) is 2.51. The summed E-state index contributed by atoms with van der Waals surface area (Å²) in [6.45, 7) is 4.99. The minimum absolute atomic E-state index is 0. The number of rotatable bonds is 5. The molecule has 2 rings (SSSR count). The molecule has 5 heteroatoms. The Morgan fingerprint density at radius 1 is 1.29 bits per heavy atom. The van der Waals surface area contributed by atoms with Gasteiger partial charge in [-0.2, -0.15) is 0 Å². The van der Waals surface area contributed by atoms with Crippen molar-refractivity contribution >= 4 is 12.4 Å². The van der Waals surface area contributed by atoms with Crippen molar-refractivity contribution in [1.29, 1.82) is 0 Å². The van der Waals surface area contributed by atoms with Crippen LogP contribution >= 0.6 is 12.4 Å². The minimum Gasteiger partial charge on any atom is -0.497 e. The van der Waals surface area contributed by atoms with Crippen LogP contribution in [0.5, 0.6) is 11.5 Å². The summed E-state index contributed by atoms with van der Waals surface area (Å²) < 4.78 is 10.8. The van der Waals surface area contributed by atoms with Gasteiger partial charge < -0.3 is 15.2 Å². The Kier molecular flexibility index (Phi) is 7.29. The summed E-state index contributed by atoms with van der Waals surface area (Å²) >= 11 is 0. The van der Waals surface area contributed by atoms with Crippen LogP contribution in [-0.2, 0) is 6.54 Å². The van der Waals surface area contributed by atoms with Crippen LogP contribution in [0.3, 0.4) is 0 Å². The van der Waals surface area contributed by atoms with Gasteiger partial charge in [-0.1, -0.05) is 6.92 Å². The van der Waals surface area contributed by atoms with E-state index < -0.39 is 0 Å². The van der Waals surface area contributed by atoms with E-state index in [9.17, 15) is 0 Å². The number of methoxy groups -OCH3 is 2. The number of hydrogen-bond donors (Lipinski definition) is 1. The maximum Gasteiger partial charge on any atom is 0.123 e. The molecule has 2 atom stereocenters. The lowest BCUT2D eigenvalue weighted by atomic mass is 9.90. The molecular weight excluding hydrogens is 288 g/mol. The third kappa shape index (κ3) is 4.25. The molecule has 1 saturated heterocycles. The number of benzene rings is 1. The summed E-state index contributed by atoms with van der Waals surface area (Å²) in [4.78, 5) is 2.48. The molecule has 2 unspecified atom stereocenters. The molecule has 1 aromatic rings. The number of nitrogens with two attached hydrogens (primary N) is 1. The first-order chi connectivity index (χ1) is 9.69. The molecule has 1 aromatic carbocycles. The second-order valence-electron chi connectivity index (χ2n) is 5.57. The zero-order valence-corrected chi connectivity index (χ0v) is 14.0. The van der Waals surface area contributed by atoms with Gasteiger partial charge in [-0.25, -0.2) is 0 Å². The first-order valence-electron chi connectivity index (χ1n) is 7.34. The number of ether oxygens (including phenoxy) is 2. The molecule has 1 aliphatic heterocycles. The van der Waals surface area contributed by atoms with Crippen LogP contribution in [0.15, 0.2) is 18.2 Å². The molecule has 0 amide bonds. The van der Waals surface area contributed by atoms with Gasteiger partial charge in [-0.15, -0.1) is 12.4 Å². The van der Waals surface area contributed by atoms with Gasteiger partial charge in [0.25, 0.3) is 0 Å². The Balaban J connectivity index is 0.00000220. The van der Waals surface area contributed by atoms with Crippen molar-refractivity contribution in [3.05, 3.63) is 23.8 Å². The highest BCUT2D eigenvalue weighted by Crippen LogP contribution is 2.29. The second-order valence-corrected chi connectivity index (χ2v) is 5.57. The van der Waals surface area contributed by atoms with Crippen LogP contribution in [0.25, 0.3) is 0 Å². The maximum atomic E-state index is 5.97. The van der Waals surface area contributed by atoms with Gasteiger partial charge in [0.05, 0.1) is 14.2 Å². The third-order valence-corrected chi connectivity index (χ3v) is 4.33. The molecule has 0 spiro atoms. The van der Waals surface area contributed by atoms with E-state index in [0.29, 0.717) is 18.5 Å². The zero-order chi connectivity index (χ0) is 14.5. The third-order valence-electron chi connectivity index (χ3n) is 4.33. The number of hydrogen-bond acceptors (Lipinski definition) is 4. The van der Waals surface area contributed by atoms with E-state index in [2.05, 4.69) is 17.9 Å². The van der Waals surface area contributed by atoms with Crippen molar-refractivity contribution in [3.63, 3.8) is 0 Å². The highest BCUT2D eigenvalue weighted by atomic mass is 35.5. The predicted octanol–water partition coefficient (Wildman–Crippen LogP) is 2.68. The summed E-state index contributed by atoms with van der Waals surface area (Å²) in [6, 6.07) is 6.42. The van der Waals surface area contributed by atoms with Crippen molar-refractivity contribution in [2.75, 3.05) is 27.3 Å². The molecule has 1 fully saturated rings. The quantitative estimate of drug-likeness (QED) is 0.908. The van der Waals surface area contributed by atoms with Crippen molar-refractivity contribution in [2.45, 2.75) is 32.4 Å². The molecular formula is C16H27ClN2O2. The fourth-order valence-corrected chi connectivity index (χ4v) is 3.14. The number of halogens is 1. The fraction of sp³-hybridized carbons (Fsp3) is 0.625. The SMILES string of the molecule is COc1ccc(OC)c(CN2CCCC(C)C2CN)c1.Cl. The summed E-state index contributed by atoms with van der Waals surface area (Å²) in [5.41, 5.74) is 7.13. The molecule has 0 radical (unpaired) electrons. The van der Waals surface area contributed by atoms with Crippen LogP contribution < -0.4 is 15.2 Å². The lowest BCUT2D eigenvalue weighted by Gasteiger charge is -2.39. The average Bonchev–Trinajstić information content (AvgIpc) is 2.47. The van der Waals surface area contributed by atoms with E-state index >= 15 is 0 Å². The Morgan fingerprint density at radius 2 is 2.05 bits per heavy atom. The Morgan fingerprint density at radius 3 is 2.67 bits per heavy atom. The van der Waals surface area contributed by atoms with E-state index in [1.54, 1.807) is 14.2 Å². The van der Waals surface area contributed by atoms with Gasteiger partial charge in [0, 0.05) is 24.7 Å². The zero-order valence-electron chi connectivity index (χ0n) is 13.2. The van der Waals surface area contributed by atoms with Crippen LogP contribution in [0.4, 0.5) is 0 Å². The van der Waals surface area contributed by atoms with Gasteiger partial charge in [0.1, 0.15) is 11.5 Å². The van der Waals surface area contributed by atoms with Crippen LogP contribution in [0.1, 0.15) is 25.3 Å². The first kappa shape index (κ1) is 18.1. The van der Waals surface area contributed by atoms with Crippen molar-refractivity contribution in [2.24, 2.45) is 11.7 Å². The first-order valence-corrected chi connectivity index (χ1v) is 7.34. The fourth-order valence-electron chi connectivity index (χ4n) is 3.14. The standard InChI is InChI=1S/C16H26N2O2.ClH/c1-12-5-4-8-18(15(12)10-17)11-13-9-14(19-2)6-7-16(13)20-3;/h6-7,9,12,15H,4-5,8,10-11,17H2,1-3H3;1H. The van der Waals surface area contributed by atoms with Gasteiger partial charge in [-0.3, -0.25) is 4.90 Å². The lowest BCUT2D eigenvalue weighted by Crippen LogP contribution is -2.48. The minimum atomic E-state index is 0. The van der Waals surface area contributed by atoms with Gasteiger partial charge in [-0.05, 0) is 43.5 Å². The maximum absolute atomic E-state index is 5.97. The highest BCUT2D eigenvalue weighted by molar-refractivity contribution is 5.85. The molecule has 0 saturated carbocycles. The Labute approximate surface area is 134 Å². The van der Waals surface area contributed by atoms with E-state index in [1.165, 1.54) is 18.4 Å². The highest BCUT2D eigenvalue weighted by Gasteiger charge is 2.27. The van der Waals surface area contributed by atoms with E-state index in [1.807, 2.05) is 12.1 Å². The molecule has 4 nitrogen and oxygen atoms in total. The molecule has 120 valence electrons. The molecule has 1 heterocycles. The van der Waals surface area contributed by atoms with Crippen molar-refractivity contribution < 1.29 is 9.47 Å². The Hall–Kier alpha value is -0.970. The summed E-state index contributed by atoms with van der Waals surface area (Å²) in [7, 11) is 3.40. The van der Waals surface area contributed by atoms with Crippen molar-refractivity contribution in [1.82, 2.24) is 4.90 Å². The topological polar surface area (TPSA) is 47.7 Å². The number of piperidine rings is 1. The van der Waals surface area contributed by atoms with Gasteiger partial charge >= 0.3 is 0 Å². The molecule has 2 N–H and O–H groups in total. The van der Waals surface area contributed by atoms with E-state index in [4.69, 9.17) is 15.2 Å². The van der Waals surface area contributed by atoms with Crippen LogP contribution in [0.2, 0.25) is 0 Å². The lowest BCUT2D eigenvalue weighted by molar-refractivity contribution is 0.0981. The molecule has 0 aromatic heterocycles. The number of likely N-dealkylation sites (tertiary alicyclic amines) is 1. The Bertz CT molecular complexity index is 442. The second kappa shape index (κ2) is 8.47. The largest absolute Gasteiger partial charge is 0.497 e. The van der Waals surface area contributed by atoms with Gasteiger partial charge in [0.2, 0.25) is 0 Å². The molecule has 1 aliphatic rings. The normalized spacial score (nSPS) is 22.5. The van der Waals surface area contributed by atoms with Crippen LogP contribution in [0, 0.1) is 5.92 Å². The molecule has 0 aliphatic carbocycles.